The summed E-state index contributed by atoms with van der Waals surface area (Å²) in [6, 6.07) is 8.40. The number of rotatable bonds is 6. The number of benzene rings is 1. The van der Waals surface area contributed by atoms with E-state index in [0.717, 1.165) is 5.76 Å². The summed E-state index contributed by atoms with van der Waals surface area (Å²) >= 11 is 0. The molecule has 0 aliphatic heterocycles. The standard InChI is InChI=1S/C18H26N4O3S/c1-18(2,3)15-12-21-16(25-15)13-22-17(19-4)20-10-11-26(23,24)14-8-6-5-7-9-14/h5-9,12H,10-11,13H2,1-4H3,(H2,19,20,22). The summed E-state index contributed by atoms with van der Waals surface area (Å²) in [6.45, 7) is 6.77. The molecule has 1 heterocycles. The highest BCUT2D eigenvalue weighted by Gasteiger charge is 2.19. The lowest BCUT2D eigenvalue weighted by molar-refractivity contribution is 0.379. The van der Waals surface area contributed by atoms with Crippen LogP contribution in [0.4, 0.5) is 0 Å². The number of oxazole rings is 1. The second-order valence-corrected chi connectivity index (χ2v) is 8.96. The number of nitrogens with one attached hydrogen (secondary N) is 2. The van der Waals surface area contributed by atoms with E-state index in [1.807, 2.05) is 0 Å². The molecule has 26 heavy (non-hydrogen) atoms. The molecule has 1 aromatic carbocycles. The van der Waals surface area contributed by atoms with E-state index in [1.165, 1.54) is 0 Å². The minimum Gasteiger partial charge on any atom is -0.443 e. The number of hydrogen-bond donors (Lipinski definition) is 2. The van der Waals surface area contributed by atoms with Crippen molar-refractivity contribution in [2.75, 3.05) is 19.3 Å². The molecule has 2 rings (SSSR count). The van der Waals surface area contributed by atoms with Crippen molar-refractivity contribution in [3.8, 4) is 0 Å². The summed E-state index contributed by atoms with van der Waals surface area (Å²) in [5, 5.41) is 6.06. The van der Waals surface area contributed by atoms with Crippen LogP contribution in [0, 0.1) is 0 Å². The average Bonchev–Trinajstić information content (AvgIpc) is 3.08. The highest BCUT2D eigenvalue weighted by molar-refractivity contribution is 7.91. The fourth-order valence-corrected chi connectivity index (χ4v) is 3.35. The second-order valence-electron chi connectivity index (χ2n) is 6.85. The van der Waals surface area contributed by atoms with Crippen molar-refractivity contribution < 1.29 is 12.8 Å². The molecule has 0 aliphatic rings. The van der Waals surface area contributed by atoms with Crippen LogP contribution in [0.5, 0.6) is 0 Å². The number of sulfone groups is 1. The summed E-state index contributed by atoms with van der Waals surface area (Å²) in [5.74, 6) is 1.83. The van der Waals surface area contributed by atoms with Crippen LogP contribution in [-0.2, 0) is 21.8 Å². The number of nitrogens with zero attached hydrogens (tertiary/aromatic N) is 2. The SMILES string of the molecule is CN=C(NCCS(=O)(=O)c1ccccc1)NCc1ncc(C(C)(C)C)o1. The van der Waals surface area contributed by atoms with Crippen LogP contribution in [0.1, 0.15) is 32.4 Å². The molecule has 7 nitrogen and oxygen atoms in total. The highest BCUT2D eigenvalue weighted by Crippen LogP contribution is 2.22. The van der Waals surface area contributed by atoms with E-state index in [4.69, 9.17) is 4.42 Å². The van der Waals surface area contributed by atoms with Crippen molar-refractivity contribution in [2.45, 2.75) is 37.6 Å². The molecule has 8 heteroatoms. The maximum absolute atomic E-state index is 12.3. The minimum absolute atomic E-state index is 0.0229. The van der Waals surface area contributed by atoms with Crippen LogP contribution < -0.4 is 10.6 Å². The van der Waals surface area contributed by atoms with Crippen LogP contribution in [0.15, 0.2) is 50.8 Å². The Labute approximate surface area is 154 Å². The third kappa shape index (κ3) is 5.59. The fraction of sp³-hybridized carbons (Fsp3) is 0.444. The van der Waals surface area contributed by atoms with Crippen LogP contribution in [0.2, 0.25) is 0 Å². The summed E-state index contributed by atoms with van der Waals surface area (Å²) in [7, 11) is -1.70. The Morgan fingerprint density at radius 2 is 1.88 bits per heavy atom. The zero-order valence-electron chi connectivity index (χ0n) is 15.6. The first-order chi connectivity index (χ1) is 12.2. The van der Waals surface area contributed by atoms with Crippen molar-refractivity contribution in [2.24, 2.45) is 4.99 Å². The van der Waals surface area contributed by atoms with Crippen molar-refractivity contribution >= 4 is 15.8 Å². The predicted molar refractivity (Wildman–Crippen MR) is 102 cm³/mol. The Hall–Kier alpha value is -2.35. The molecule has 0 radical (unpaired) electrons. The number of guanidine groups is 1. The molecule has 2 N–H and O–H groups in total. The van der Waals surface area contributed by atoms with E-state index in [1.54, 1.807) is 43.6 Å². The molecule has 0 unspecified atom stereocenters. The molecular weight excluding hydrogens is 352 g/mol. The third-order valence-electron chi connectivity index (χ3n) is 3.69. The molecule has 0 atom stereocenters. The molecule has 0 fully saturated rings. The Morgan fingerprint density at radius 3 is 2.46 bits per heavy atom. The monoisotopic (exact) mass is 378 g/mol. The van der Waals surface area contributed by atoms with Crippen molar-refractivity contribution in [3.63, 3.8) is 0 Å². The average molecular weight is 378 g/mol. The van der Waals surface area contributed by atoms with Gasteiger partial charge in [-0.3, -0.25) is 4.99 Å². The van der Waals surface area contributed by atoms with Gasteiger partial charge in [0, 0.05) is 19.0 Å². The molecule has 0 spiro atoms. The van der Waals surface area contributed by atoms with Crippen LogP contribution in [0.3, 0.4) is 0 Å². The van der Waals surface area contributed by atoms with Gasteiger partial charge in [-0.05, 0) is 12.1 Å². The van der Waals surface area contributed by atoms with Crippen LogP contribution >= 0.6 is 0 Å². The Morgan fingerprint density at radius 1 is 1.19 bits per heavy atom. The molecule has 142 valence electrons. The van der Waals surface area contributed by atoms with Gasteiger partial charge in [-0.1, -0.05) is 39.0 Å². The van der Waals surface area contributed by atoms with Crippen molar-refractivity contribution in [1.29, 1.82) is 0 Å². The number of hydrogen-bond acceptors (Lipinski definition) is 5. The lowest BCUT2D eigenvalue weighted by Crippen LogP contribution is -2.39. The van der Waals surface area contributed by atoms with Gasteiger partial charge in [0.25, 0.3) is 0 Å². The highest BCUT2D eigenvalue weighted by atomic mass is 32.2. The van der Waals surface area contributed by atoms with Gasteiger partial charge in [0.2, 0.25) is 5.89 Å². The van der Waals surface area contributed by atoms with Gasteiger partial charge in [-0.25, -0.2) is 13.4 Å². The molecule has 0 saturated carbocycles. The van der Waals surface area contributed by atoms with Gasteiger partial charge in [-0.2, -0.15) is 0 Å². The van der Waals surface area contributed by atoms with Gasteiger partial charge < -0.3 is 15.1 Å². The lowest BCUT2D eigenvalue weighted by Gasteiger charge is -2.13. The van der Waals surface area contributed by atoms with E-state index in [2.05, 4.69) is 41.4 Å². The summed E-state index contributed by atoms with van der Waals surface area (Å²) < 4.78 is 30.2. The largest absolute Gasteiger partial charge is 0.443 e. The maximum atomic E-state index is 12.3. The van der Waals surface area contributed by atoms with Crippen LogP contribution in [-0.4, -0.2) is 38.7 Å². The molecule has 0 saturated heterocycles. The Balaban J connectivity index is 1.84. The predicted octanol–water partition coefficient (Wildman–Crippen LogP) is 2.11. The van der Waals surface area contributed by atoms with Crippen molar-refractivity contribution in [1.82, 2.24) is 15.6 Å². The fourth-order valence-electron chi connectivity index (χ4n) is 2.17. The minimum atomic E-state index is -3.32. The van der Waals surface area contributed by atoms with E-state index >= 15 is 0 Å². The van der Waals surface area contributed by atoms with E-state index < -0.39 is 9.84 Å². The molecule has 0 aliphatic carbocycles. The van der Waals surface area contributed by atoms with Gasteiger partial charge in [0.15, 0.2) is 15.8 Å². The smallest absolute Gasteiger partial charge is 0.213 e. The summed E-state index contributed by atoms with van der Waals surface area (Å²) in [5.41, 5.74) is -0.100. The van der Waals surface area contributed by atoms with Crippen molar-refractivity contribution in [3.05, 3.63) is 48.2 Å². The first-order valence-electron chi connectivity index (χ1n) is 8.40. The molecule has 1 aromatic heterocycles. The van der Waals surface area contributed by atoms with Gasteiger partial charge >= 0.3 is 0 Å². The maximum Gasteiger partial charge on any atom is 0.213 e. The number of aliphatic imine (C=N–C) groups is 1. The third-order valence-corrected chi connectivity index (χ3v) is 5.42. The topological polar surface area (TPSA) is 96.6 Å². The van der Waals surface area contributed by atoms with Gasteiger partial charge in [0.1, 0.15) is 5.76 Å². The molecule has 0 amide bonds. The molecule has 2 aromatic rings. The normalized spacial score (nSPS) is 12.8. The summed E-state index contributed by atoms with van der Waals surface area (Å²) in [4.78, 5) is 8.64. The molecular formula is C18H26N4O3S. The lowest BCUT2D eigenvalue weighted by atomic mass is 9.94. The second kappa shape index (κ2) is 8.35. The first kappa shape index (κ1) is 20.0. The van der Waals surface area contributed by atoms with E-state index in [-0.39, 0.29) is 17.7 Å². The Kier molecular flexibility index (Phi) is 6.42. The zero-order valence-corrected chi connectivity index (χ0v) is 16.4. The van der Waals surface area contributed by atoms with Gasteiger partial charge in [-0.15, -0.1) is 0 Å². The summed E-state index contributed by atoms with van der Waals surface area (Å²) in [6.07, 6.45) is 1.72. The quantitative estimate of drug-likeness (QED) is 0.590. The zero-order chi connectivity index (χ0) is 19.2. The Bertz CT molecular complexity index is 837. The van der Waals surface area contributed by atoms with Crippen LogP contribution in [0.25, 0.3) is 0 Å². The van der Waals surface area contributed by atoms with E-state index in [0.29, 0.717) is 23.3 Å². The van der Waals surface area contributed by atoms with E-state index in [9.17, 15) is 8.42 Å². The first-order valence-corrected chi connectivity index (χ1v) is 10.0. The number of aromatic nitrogens is 1. The molecule has 0 bridgehead atoms. The van der Waals surface area contributed by atoms with Gasteiger partial charge in [0.05, 0.1) is 23.4 Å².